The van der Waals surface area contributed by atoms with Gasteiger partial charge in [-0.1, -0.05) is 0 Å². The minimum absolute atomic E-state index is 0.0368. The fourth-order valence-electron chi connectivity index (χ4n) is 2.95. The Hall–Kier alpha value is -2.11. The average Bonchev–Trinajstić information content (AvgIpc) is 2.46. The smallest absolute Gasteiger partial charge is 0.262 e. The van der Waals surface area contributed by atoms with Crippen LogP contribution in [0.4, 0.5) is 10.1 Å². The van der Waals surface area contributed by atoms with Gasteiger partial charge < -0.3 is 15.0 Å². The second kappa shape index (κ2) is 5.35. The number of piperidine rings is 1. The highest BCUT2D eigenvalue weighted by Gasteiger charge is 2.26. The third kappa shape index (κ3) is 2.70. The maximum absolute atomic E-state index is 14.1. The normalized spacial score (nSPS) is 21.3. The number of hydrogen-bond acceptors (Lipinski definition) is 3. The van der Waals surface area contributed by atoms with Crippen LogP contribution < -0.4 is 10.1 Å². The molecule has 1 aromatic carbocycles. The number of nitrogens with one attached hydrogen (secondary N) is 1. The highest BCUT2D eigenvalue weighted by molar-refractivity contribution is 5.95. The number of fused-ring (bicyclic) bond motifs is 1. The maximum atomic E-state index is 14.1. The summed E-state index contributed by atoms with van der Waals surface area (Å²) in [4.78, 5) is 24.6. The summed E-state index contributed by atoms with van der Waals surface area (Å²) in [5, 5.41) is 2.63. The van der Waals surface area contributed by atoms with Gasteiger partial charge in [0.2, 0.25) is 5.91 Å². The van der Waals surface area contributed by atoms with E-state index in [2.05, 4.69) is 5.32 Å². The van der Waals surface area contributed by atoms with E-state index in [1.54, 1.807) is 17.9 Å². The number of benzene rings is 1. The molecule has 112 valence electrons. The number of anilines is 1. The molecule has 1 saturated heterocycles. The Labute approximate surface area is 122 Å². The molecule has 1 fully saturated rings. The summed E-state index contributed by atoms with van der Waals surface area (Å²) in [5.74, 6) is -0.538. The van der Waals surface area contributed by atoms with Crippen molar-refractivity contribution in [3.8, 4) is 5.75 Å². The summed E-state index contributed by atoms with van der Waals surface area (Å²) in [5.41, 5.74) is 1.17. The minimum atomic E-state index is -0.470. The Kier molecular flexibility index (Phi) is 3.53. The van der Waals surface area contributed by atoms with E-state index >= 15 is 0 Å². The van der Waals surface area contributed by atoms with Crippen molar-refractivity contribution in [2.45, 2.75) is 25.7 Å². The Morgan fingerprint density at radius 2 is 2.29 bits per heavy atom. The molecule has 0 spiro atoms. The predicted molar refractivity (Wildman–Crippen MR) is 74.8 cm³/mol. The topological polar surface area (TPSA) is 58.6 Å². The zero-order chi connectivity index (χ0) is 15.0. The lowest BCUT2D eigenvalue weighted by molar-refractivity contribution is -0.130. The summed E-state index contributed by atoms with van der Waals surface area (Å²) >= 11 is 0. The van der Waals surface area contributed by atoms with E-state index in [1.165, 1.54) is 6.07 Å². The molecule has 0 aromatic heterocycles. The first-order chi connectivity index (χ1) is 10.0. The van der Waals surface area contributed by atoms with Crippen LogP contribution in [-0.4, -0.2) is 36.4 Å². The van der Waals surface area contributed by atoms with Gasteiger partial charge in [-0.2, -0.15) is 0 Å². The number of carbonyl (C=O) groups is 2. The van der Waals surface area contributed by atoms with E-state index in [4.69, 9.17) is 4.74 Å². The molecular weight excluding hydrogens is 275 g/mol. The van der Waals surface area contributed by atoms with Gasteiger partial charge in [0, 0.05) is 25.9 Å². The molecule has 2 heterocycles. The van der Waals surface area contributed by atoms with Gasteiger partial charge >= 0.3 is 0 Å². The van der Waals surface area contributed by atoms with Crippen molar-refractivity contribution in [2.75, 3.05) is 25.0 Å². The monoisotopic (exact) mass is 292 g/mol. The quantitative estimate of drug-likeness (QED) is 0.860. The molecule has 2 aliphatic rings. The van der Waals surface area contributed by atoms with Crippen molar-refractivity contribution in [1.29, 1.82) is 0 Å². The fourth-order valence-corrected chi connectivity index (χ4v) is 2.95. The van der Waals surface area contributed by atoms with Crippen LogP contribution in [0.5, 0.6) is 5.75 Å². The standard InChI is InChI=1S/C15H17FN2O3/c1-9(19)18-4-2-3-10(7-18)11-5-12(16)15-13(6-11)17-14(20)8-21-15/h5-6,10H,2-4,7-8H2,1H3,(H,17,20). The van der Waals surface area contributed by atoms with E-state index in [0.717, 1.165) is 24.9 Å². The SMILES string of the molecule is CC(=O)N1CCCC(c2cc(F)c3c(c2)NC(=O)CO3)C1. The maximum Gasteiger partial charge on any atom is 0.262 e. The van der Waals surface area contributed by atoms with Gasteiger partial charge in [0.1, 0.15) is 0 Å². The van der Waals surface area contributed by atoms with Gasteiger partial charge in [0.25, 0.3) is 5.91 Å². The van der Waals surface area contributed by atoms with Crippen molar-refractivity contribution >= 4 is 17.5 Å². The first kappa shape index (κ1) is 13.9. The molecule has 1 aromatic rings. The number of rotatable bonds is 1. The molecule has 0 bridgehead atoms. The van der Waals surface area contributed by atoms with Crippen molar-refractivity contribution in [3.05, 3.63) is 23.5 Å². The van der Waals surface area contributed by atoms with Crippen LogP contribution in [0.3, 0.4) is 0 Å². The van der Waals surface area contributed by atoms with Gasteiger partial charge in [-0.05, 0) is 30.5 Å². The number of nitrogens with zero attached hydrogens (tertiary/aromatic N) is 1. The molecule has 2 aliphatic heterocycles. The molecule has 0 aliphatic carbocycles. The molecule has 0 saturated carbocycles. The summed E-state index contributed by atoms with van der Waals surface area (Å²) in [6.07, 6.45) is 1.79. The van der Waals surface area contributed by atoms with Crippen molar-refractivity contribution in [3.63, 3.8) is 0 Å². The average molecular weight is 292 g/mol. The largest absolute Gasteiger partial charge is 0.478 e. The molecule has 5 nitrogen and oxygen atoms in total. The Balaban J connectivity index is 1.89. The third-order valence-electron chi connectivity index (χ3n) is 4.03. The van der Waals surface area contributed by atoms with E-state index in [9.17, 15) is 14.0 Å². The van der Waals surface area contributed by atoms with Crippen LogP contribution >= 0.6 is 0 Å². The lowest BCUT2D eigenvalue weighted by atomic mass is 9.90. The van der Waals surface area contributed by atoms with E-state index in [0.29, 0.717) is 12.2 Å². The number of likely N-dealkylation sites (tertiary alicyclic amines) is 1. The highest BCUT2D eigenvalue weighted by Crippen LogP contribution is 2.36. The van der Waals surface area contributed by atoms with Gasteiger partial charge in [0.15, 0.2) is 18.2 Å². The second-order valence-corrected chi connectivity index (χ2v) is 5.52. The highest BCUT2D eigenvalue weighted by atomic mass is 19.1. The van der Waals surface area contributed by atoms with Crippen LogP contribution in [0, 0.1) is 5.82 Å². The third-order valence-corrected chi connectivity index (χ3v) is 4.03. The summed E-state index contributed by atoms with van der Waals surface area (Å²) in [6, 6.07) is 3.20. The first-order valence-electron chi connectivity index (χ1n) is 7.06. The van der Waals surface area contributed by atoms with Crippen molar-refractivity contribution in [2.24, 2.45) is 0 Å². The molecule has 1 unspecified atom stereocenters. The Morgan fingerprint density at radius 3 is 3.05 bits per heavy atom. The van der Waals surface area contributed by atoms with Crippen molar-refractivity contribution in [1.82, 2.24) is 4.90 Å². The first-order valence-corrected chi connectivity index (χ1v) is 7.06. The number of halogens is 1. The molecule has 1 N–H and O–H groups in total. The molecule has 21 heavy (non-hydrogen) atoms. The fraction of sp³-hybridized carbons (Fsp3) is 0.467. The summed E-state index contributed by atoms with van der Waals surface area (Å²) < 4.78 is 19.2. The zero-order valence-electron chi connectivity index (χ0n) is 11.8. The number of amides is 2. The van der Waals surface area contributed by atoms with Crippen LogP contribution in [0.15, 0.2) is 12.1 Å². The van der Waals surface area contributed by atoms with E-state index < -0.39 is 5.82 Å². The lowest BCUT2D eigenvalue weighted by Gasteiger charge is -2.33. The molecule has 2 amide bonds. The van der Waals surface area contributed by atoms with E-state index in [1.807, 2.05) is 0 Å². The Morgan fingerprint density at radius 1 is 1.48 bits per heavy atom. The van der Waals surface area contributed by atoms with Gasteiger partial charge in [-0.15, -0.1) is 0 Å². The van der Waals surface area contributed by atoms with Crippen LogP contribution in [0.1, 0.15) is 31.2 Å². The van der Waals surface area contributed by atoms with Crippen LogP contribution in [0.2, 0.25) is 0 Å². The zero-order valence-corrected chi connectivity index (χ0v) is 11.8. The second-order valence-electron chi connectivity index (χ2n) is 5.52. The van der Waals surface area contributed by atoms with Crippen LogP contribution in [-0.2, 0) is 9.59 Å². The number of carbonyl (C=O) groups excluding carboxylic acids is 2. The van der Waals surface area contributed by atoms with E-state index in [-0.39, 0.29) is 30.1 Å². The van der Waals surface area contributed by atoms with Gasteiger partial charge in [-0.3, -0.25) is 9.59 Å². The molecule has 3 rings (SSSR count). The number of hydrogen-bond donors (Lipinski definition) is 1. The van der Waals surface area contributed by atoms with Crippen LogP contribution in [0.25, 0.3) is 0 Å². The molecule has 6 heteroatoms. The molecule has 1 atom stereocenters. The molecule has 0 radical (unpaired) electrons. The lowest BCUT2D eigenvalue weighted by Crippen LogP contribution is -2.37. The minimum Gasteiger partial charge on any atom is -0.478 e. The Bertz CT molecular complexity index is 603. The summed E-state index contributed by atoms with van der Waals surface area (Å²) in [7, 11) is 0. The predicted octanol–water partition coefficient (Wildman–Crippen LogP) is 1.88. The van der Waals surface area contributed by atoms with Gasteiger partial charge in [0.05, 0.1) is 5.69 Å². The summed E-state index contributed by atoms with van der Waals surface area (Å²) in [6.45, 7) is 2.72. The molecular formula is C15H17FN2O3. The van der Waals surface area contributed by atoms with Crippen molar-refractivity contribution < 1.29 is 18.7 Å². The van der Waals surface area contributed by atoms with Gasteiger partial charge in [-0.25, -0.2) is 4.39 Å². The number of ether oxygens (including phenoxy) is 1.